The van der Waals surface area contributed by atoms with Gasteiger partial charge in [0.1, 0.15) is 24.2 Å². The first kappa shape index (κ1) is 24.8. The van der Waals surface area contributed by atoms with Gasteiger partial charge in [0, 0.05) is 31.8 Å². The van der Waals surface area contributed by atoms with Crippen LogP contribution in [0.4, 0.5) is 0 Å². The molecule has 37 heavy (non-hydrogen) atoms. The minimum atomic E-state index is -0.377. The third-order valence-electron chi connectivity index (χ3n) is 6.46. The average Bonchev–Trinajstić information content (AvgIpc) is 3.43. The van der Waals surface area contributed by atoms with E-state index in [1.165, 1.54) is 0 Å². The quantitative estimate of drug-likeness (QED) is 0.240. The number of hydrogen-bond donors (Lipinski definition) is 0. The van der Waals surface area contributed by atoms with E-state index in [1.807, 2.05) is 66.7 Å². The molecule has 1 atom stereocenters. The van der Waals surface area contributed by atoms with Gasteiger partial charge in [0.2, 0.25) is 0 Å². The molecule has 6 heteroatoms. The molecule has 0 saturated carbocycles. The van der Waals surface area contributed by atoms with Crippen LogP contribution >= 0.6 is 0 Å². The SMILES string of the molecule is COCOc1ccc(C(OC)c2c(C)cc(OCc3ccccc3)c3c2CCO3)nc1-c1ccccc1. The Hall–Kier alpha value is -3.87. The first-order valence-electron chi connectivity index (χ1n) is 12.4. The fourth-order valence-corrected chi connectivity index (χ4v) is 4.75. The number of methoxy groups -OCH3 is 2. The summed E-state index contributed by atoms with van der Waals surface area (Å²) in [4.78, 5) is 5.03. The number of pyridine rings is 1. The summed E-state index contributed by atoms with van der Waals surface area (Å²) in [5.74, 6) is 2.21. The molecule has 5 rings (SSSR count). The fourth-order valence-electron chi connectivity index (χ4n) is 4.75. The van der Waals surface area contributed by atoms with Gasteiger partial charge in [-0.25, -0.2) is 4.98 Å². The van der Waals surface area contributed by atoms with Gasteiger partial charge >= 0.3 is 0 Å². The van der Waals surface area contributed by atoms with E-state index in [1.54, 1.807) is 14.2 Å². The first-order chi connectivity index (χ1) is 18.2. The molecule has 1 aliphatic rings. The van der Waals surface area contributed by atoms with Gasteiger partial charge < -0.3 is 23.7 Å². The van der Waals surface area contributed by atoms with Crippen LogP contribution in [0, 0.1) is 6.92 Å². The van der Waals surface area contributed by atoms with Crippen LogP contribution in [0.25, 0.3) is 11.3 Å². The van der Waals surface area contributed by atoms with Gasteiger partial charge in [-0.1, -0.05) is 60.7 Å². The zero-order valence-corrected chi connectivity index (χ0v) is 21.4. The monoisotopic (exact) mass is 497 g/mol. The molecule has 1 aromatic heterocycles. The van der Waals surface area contributed by atoms with Gasteiger partial charge in [-0.2, -0.15) is 0 Å². The topological polar surface area (TPSA) is 59.0 Å². The second-order valence-electron chi connectivity index (χ2n) is 8.90. The molecule has 0 aliphatic carbocycles. The number of ether oxygens (including phenoxy) is 5. The van der Waals surface area contributed by atoms with Gasteiger partial charge in [0.05, 0.1) is 12.3 Å². The Morgan fingerprint density at radius 1 is 0.892 bits per heavy atom. The molecule has 4 aromatic rings. The van der Waals surface area contributed by atoms with Crippen molar-refractivity contribution < 1.29 is 23.7 Å². The van der Waals surface area contributed by atoms with E-state index in [4.69, 9.17) is 28.7 Å². The van der Waals surface area contributed by atoms with Crippen LogP contribution in [0.1, 0.15) is 34.1 Å². The maximum atomic E-state index is 6.21. The van der Waals surface area contributed by atoms with E-state index in [2.05, 4.69) is 19.1 Å². The Labute approximate surface area is 217 Å². The van der Waals surface area contributed by atoms with Crippen molar-refractivity contribution in [3.05, 3.63) is 107 Å². The summed E-state index contributed by atoms with van der Waals surface area (Å²) >= 11 is 0. The zero-order chi connectivity index (χ0) is 25.6. The molecule has 190 valence electrons. The molecular formula is C31H31NO5. The number of nitrogens with zero attached hydrogens (tertiary/aromatic N) is 1. The Morgan fingerprint density at radius 3 is 2.38 bits per heavy atom. The number of rotatable bonds is 10. The van der Waals surface area contributed by atoms with Gasteiger partial charge in [-0.05, 0) is 41.8 Å². The van der Waals surface area contributed by atoms with Crippen molar-refractivity contribution in [2.75, 3.05) is 27.6 Å². The summed E-state index contributed by atoms with van der Waals surface area (Å²) in [5.41, 5.74) is 6.85. The largest absolute Gasteiger partial charge is 0.489 e. The van der Waals surface area contributed by atoms with Crippen molar-refractivity contribution >= 4 is 0 Å². The molecule has 1 aliphatic heterocycles. The lowest BCUT2D eigenvalue weighted by molar-refractivity contribution is 0.0512. The molecule has 0 amide bonds. The van der Waals surface area contributed by atoms with Gasteiger partial charge in [0.15, 0.2) is 18.3 Å². The number of fused-ring (bicyclic) bond motifs is 1. The lowest BCUT2D eigenvalue weighted by Crippen LogP contribution is -2.12. The van der Waals surface area contributed by atoms with Crippen molar-refractivity contribution in [1.29, 1.82) is 0 Å². The predicted molar refractivity (Wildman–Crippen MR) is 142 cm³/mol. The fraction of sp³-hybridized carbons (Fsp3) is 0.258. The molecule has 1 unspecified atom stereocenters. The minimum Gasteiger partial charge on any atom is -0.489 e. The summed E-state index contributed by atoms with van der Waals surface area (Å²) in [6.07, 6.45) is 0.409. The summed E-state index contributed by atoms with van der Waals surface area (Å²) < 4.78 is 29.3. The molecular weight excluding hydrogens is 466 g/mol. The molecule has 0 radical (unpaired) electrons. The third-order valence-corrected chi connectivity index (χ3v) is 6.46. The molecule has 6 nitrogen and oxygen atoms in total. The third kappa shape index (κ3) is 5.31. The average molecular weight is 498 g/mol. The van der Waals surface area contributed by atoms with Gasteiger partial charge in [0.25, 0.3) is 0 Å². The van der Waals surface area contributed by atoms with E-state index in [0.29, 0.717) is 19.0 Å². The van der Waals surface area contributed by atoms with E-state index in [0.717, 1.165) is 57.1 Å². The smallest absolute Gasteiger partial charge is 0.188 e. The standard InChI is InChI=1S/C31H31NO5/c1-21-18-27(36-19-22-10-6-4-7-11-22)30-24(16-17-35-30)28(21)31(34-3)25-14-15-26(37-20-33-2)29(32-25)23-12-8-5-9-13-23/h4-15,18,31H,16-17,19-20H2,1-3H3. The minimum absolute atomic E-state index is 0.142. The van der Waals surface area contributed by atoms with Gasteiger partial charge in [-0.3, -0.25) is 0 Å². The Bertz CT molecular complexity index is 1340. The van der Waals surface area contributed by atoms with E-state index in [9.17, 15) is 0 Å². The maximum absolute atomic E-state index is 6.21. The highest BCUT2D eigenvalue weighted by Gasteiger charge is 2.30. The Morgan fingerprint density at radius 2 is 1.65 bits per heavy atom. The molecule has 0 bridgehead atoms. The second kappa shape index (κ2) is 11.5. The number of benzene rings is 3. The summed E-state index contributed by atoms with van der Waals surface area (Å²) in [7, 11) is 3.31. The highest BCUT2D eigenvalue weighted by molar-refractivity contribution is 5.67. The molecule has 2 heterocycles. The van der Waals surface area contributed by atoms with Crippen molar-refractivity contribution in [1.82, 2.24) is 4.98 Å². The molecule has 0 saturated heterocycles. The van der Waals surface area contributed by atoms with Crippen LogP contribution < -0.4 is 14.2 Å². The lowest BCUT2D eigenvalue weighted by Gasteiger charge is -2.23. The van der Waals surface area contributed by atoms with E-state index >= 15 is 0 Å². The summed E-state index contributed by atoms with van der Waals surface area (Å²) in [6, 6.07) is 26.1. The maximum Gasteiger partial charge on any atom is 0.188 e. The van der Waals surface area contributed by atoms with Crippen molar-refractivity contribution in [2.45, 2.75) is 26.1 Å². The van der Waals surface area contributed by atoms with Crippen LogP contribution in [0.2, 0.25) is 0 Å². The van der Waals surface area contributed by atoms with Crippen LogP contribution in [0.15, 0.2) is 78.9 Å². The number of hydrogen-bond acceptors (Lipinski definition) is 6. The number of aromatic nitrogens is 1. The van der Waals surface area contributed by atoms with Crippen LogP contribution in [0.3, 0.4) is 0 Å². The summed E-state index contributed by atoms with van der Waals surface area (Å²) in [6.45, 7) is 3.32. The Kier molecular flexibility index (Phi) is 7.68. The molecule has 0 spiro atoms. The van der Waals surface area contributed by atoms with Crippen LogP contribution in [0.5, 0.6) is 17.2 Å². The normalized spacial score (nSPS) is 13.1. The van der Waals surface area contributed by atoms with Crippen molar-refractivity contribution in [3.8, 4) is 28.5 Å². The predicted octanol–water partition coefficient (Wildman–Crippen LogP) is 6.29. The Balaban J connectivity index is 1.52. The van der Waals surface area contributed by atoms with Crippen molar-refractivity contribution in [2.24, 2.45) is 0 Å². The van der Waals surface area contributed by atoms with Crippen molar-refractivity contribution in [3.63, 3.8) is 0 Å². The lowest BCUT2D eigenvalue weighted by atomic mass is 9.92. The van der Waals surface area contributed by atoms with Crippen LogP contribution in [-0.2, 0) is 22.5 Å². The highest BCUT2D eigenvalue weighted by Crippen LogP contribution is 2.44. The van der Waals surface area contributed by atoms with E-state index < -0.39 is 0 Å². The highest BCUT2D eigenvalue weighted by atomic mass is 16.7. The van der Waals surface area contributed by atoms with E-state index in [-0.39, 0.29) is 12.9 Å². The number of aryl methyl sites for hydroxylation is 1. The summed E-state index contributed by atoms with van der Waals surface area (Å²) in [5, 5.41) is 0. The molecule has 0 fully saturated rings. The van der Waals surface area contributed by atoms with Gasteiger partial charge in [-0.15, -0.1) is 0 Å². The molecule has 0 N–H and O–H groups in total. The zero-order valence-electron chi connectivity index (χ0n) is 21.4. The second-order valence-corrected chi connectivity index (χ2v) is 8.90. The van der Waals surface area contributed by atoms with Crippen LogP contribution in [-0.4, -0.2) is 32.6 Å². The first-order valence-corrected chi connectivity index (χ1v) is 12.4. The molecule has 3 aromatic carbocycles.